The number of carboxylic acid groups (broad SMARTS) is 1. The third kappa shape index (κ3) is 2.91. The number of anilines is 1. The summed E-state index contributed by atoms with van der Waals surface area (Å²) in [5, 5.41) is 8.95. The second kappa shape index (κ2) is 5.90. The van der Waals surface area contributed by atoms with Gasteiger partial charge in [-0.2, -0.15) is 0 Å². The minimum Gasteiger partial charge on any atom is -0.478 e. The second-order valence-corrected chi connectivity index (χ2v) is 5.75. The monoisotopic (exact) mass is 329 g/mol. The van der Waals surface area contributed by atoms with Crippen LogP contribution in [0.1, 0.15) is 36.5 Å². The molecule has 2 rings (SSSR count). The highest BCUT2D eigenvalue weighted by Crippen LogP contribution is 2.33. The number of benzene rings is 1. The van der Waals surface area contributed by atoms with Gasteiger partial charge in [-0.3, -0.25) is 0 Å². The van der Waals surface area contributed by atoms with Crippen LogP contribution in [0.5, 0.6) is 0 Å². The Morgan fingerprint density at radius 1 is 1.58 bits per heavy atom. The van der Waals surface area contributed by atoms with E-state index in [1.165, 1.54) is 6.07 Å². The number of rotatable bonds is 4. The molecule has 1 atom stereocenters. The van der Waals surface area contributed by atoms with Crippen molar-refractivity contribution in [2.75, 3.05) is 18.0 Å². The summed E-state index contributed by atoms with van der Waals surface area (Å²) < 4.78 is 14.3. The first-order valence-electron chi connectivity index (χ1n) is 6.50. The van der Waals surface area contributed by atoms with E-state index in [-0.39, 0.29) is 10.0 Å². The fourth-order valence-corrected chi connectivity index (χ4v) is 3.15. The minimum atomic E-state index is -1.12. The molecule has 0 radical (unpaired) electrons. The van der Waals surface area contributed by atoms with Crippen molar-refractivity contribution in [3.8, 4) is 0 Å². The third-order valence-corrected chi connectivity index (χ3v) is 4.39. The molecule has 0 amide bonds. The number of carboxylic acids is 1. The maximum atomic E-state index is 14.2. The van der Waals surface area contributed by atoms with Crippen molar-refractivity contribution < 1.29 is 14.3 Å². The molecule has 0 spiro atoms. The number of hydrogen-bond acceptors (Lipinski definition) is 2. The van der Waals surface area contributed by atoms with Crippen molar-refractivity contribution in [1.29, 1.82) is 0 Å². The number of carbonyl (C=O) groups is 1. The molecule has 1 N–H and O–H groups in total. The first-order valence-corrected chi connectivity index (χ1v) is 7.30. The van der Waals surface area contributed by atoms with E-state index in [1.807, 2.05) is 4.90 Å². The van der Waals surface area contributed by atoms with Gasteiger partial charge in [-0.25, -0.2) is 9.18 Å². The van der Waals surface area contributed by atoms with Crippen LogP contribution < -0.4 is 4.90 Å². The molecule has 1 aromatic carbocycles. The summed E-state index contributed by atoms with van der Waals surface area (Å²) in [6.07, 6.45) is 3.38. The van der Waals surface area contributed by atoms with Crippen LogP contribution in [0.3, 0.4) is 0 Å². The number of hydrogen-bond donors (Lipinski definition) is 1. The van der Waals surface area contributed by atoms with Crippen molar-refractivity contribution in [3.05, 3.63) is 28.0 Å². The van der Waals surface area contributed by atoms with E-state index in [0.29, 0.717) is 11.6 Å². The molecule has 1 heterocycles. The van der Waals surface area contributed by atoms with Crippen LogP contribution in [0.15, 0.2) is 16.6 Å². The van der Waals surface area contributed by atoms with Crippen LogP contribution in [-0.4, -0.2) is 24.2 Å². The molecule has 1 unspecified atom stereocenters. The van der Waals surface area contributed by atoms with E-state index in [1.54, 1.807) is 6.07 Å². The van der Waals surface area contributed by atoms with Gasteiger partial charge in [0.1, 0.15) is 0 Å². The summed E-state index contributed by atoms with van der Waals surface area (Å²) >= 11 is 3.04. The zero-order chi connectivity index (χ0) is 14.0. The van der Waals surface area contributed by atoms with Crippen LogP contribution in [0.25, 0.3) is 0 Å². The predicted octanol–water partition coefficient (Wildman–Crippen LogP) is 3.91. The SMILES string of the molecule is CCCC1CCN(c2ccc(C(=O)O)c(Br)c2F)C1. The fraction of sp³-hybridized carbons (Fsp3) is 0.500. The summed E-state index contributed by atoms with van der Waals surface area (Å²) in [5.74, 6) is -0.984. The summed E-state index contributed by atoms with van der Waals surface area (Å²) in [5.41, 5.74) is 0.459. The van der Waals surface area contributed by atoms with E-state index in [2.05, 4.69) is 22.9 Å². The molecule has 0 saturated carbocycles. The van der Waals surface area contributed by atoms with Gasteiger partial charge < -0.3 is 10.0 Å². The largest absolute Gasteiger partial charge is 0.478 e. The molecule has 0 aromatic heterocycles. The van der Waals surface area contributed by atoms with Crippen LogP contribution in [0, 0.1) is 11.7 Å². The molecule has 1 aliphatic heterocycles. The maximum Gasteiger partial charge on any atom is 0.336 e. The Labute approximate surface area is 120 Å². The lowest BCUT2D eigenvalue weighted by Crippen LogP contribution is -2.21. The first kappa shape index (κ1) is 14.3. The lowest BCUT2D eigenvalue weighted by atomic mass is 10.0. The zero-order valence-electron chi connectivity index (χ0n) is 10.8. The lowest BCUT2D eigenvalue weighted by molar-refractivity contribution is 0.0695. The Bertz CT molecular complexity index is 493. The smallest absolute Gasteiger partial charge is 0.336 e. The van der Waals surface area contributed by atoms with Crippen LogP contribution >= 0.6 is 15.9 Å². The Kier molecular flexibility index (Phi) is 4.45. The summed E-state index contributed by atoms with van der Waals surface area (Å²) in [6, 6.07) is 3.02. The Morgan fingerprint density at radius 3 is 2.95 bits per heavy atom. The third-order valence-electron chi connectivity index (χ3n) is 3.62. The number of halogens is 2. The van der Waals surface area contributed by atoms with Gasteiger partial charge >= 0.3 is 5.97 Å². The van der Waals surface area contributed by atoms with Crippen molar-refractivity contribution in [2.24, 2.45) is 5.92 Å². The molecule has 3 nitrogen and oxygen atoms in total. The van der Waals surface area contributed by atoms with Gasteiger partial charge in [0.15, 0.2) is 5.82 Å². The van der Waals surface area contributed by atoms with Gasteiger partial charge in [0, 0.05) is 13.1 Å². The minimum absolute atomic E-state index is 0.0365. The highest BCUT2D eigenvalue weighted by atomic mass is 79.9. The van der Waals surface area contributed by atoms with Gasteiger partial charge in [-0.15, -0.1) is 0 Å². The average molecular weight is 330 g/mol. The molecule has 0 bridgehead atoms. The fourth-order valence-electron chi connectivity index (χ4n) is 2.64. The Hall–Kier alpha value is -1.10. The second-order valence-electron chi connectivity index (χ2n) is 4.95. The number of nitrogens with zero attached hydrogens (tertiary/aromatic N) is 1. The maximum absolute atomic E-state index is 14.2. The normalized spacial score (nSPS) is 18.9. The van der Waals surface area contributed by atoms with Crippen LogP contribution in [-0.2, 0) is 0 Å². The molecular weight excluding hydrogens is 313 g/mol. The Morgan fingerprint density at radius 2 is 2.32 bits per heavy atom. The van der Waals surface area contributed by atoms with Crippen LogP contribution in [0.2, 0.25) is 0 Å². The highest BCUT2D eigenvalue weighted by Gasteiger charge is 2.26. The van der Waals surface area contributed by atoms with E-state index in [0.717, 1.165) is 32.4 Å². The zero-order valence-corrected chi connectivity index (χ0v) is 12.4. The van der Waals surface area contributed by atoms with E-state index in [9.17, 15) is 9.18 Å². The molecule has 1 fully saturated rings. The summed E-state index contributed by atoms with van der Waals surface area (Å²) in [6.45, 7) is 3.84. The first-order chi connectivity index (χ1) is 9.04. The lowest BCUT2D eigenvalue weighted by Gasteiger charge is -2.20. The summed E-state index contributed by atoms with van der Waals surface area (Å²) in [7, 11) is 0. The molecule has 19 heavy (non-hydrogen) atoms. The standard InChI is InChI=1S/C14H17BrFNO2/c1-2-3-9-6-7-17(8-9)11-5-4-10(14(18)19)12(15)13(11)16/h4-5,9H,2-3,6-8H2,1H3,(H,18,19). The van der Waals surface area contributed by atoms with E-state index >= 15 is 0 Å². The van der Waals surface area contributed by atoms with Gasteiger partial charge in [0.2, 0.25) is 0 Å². The number of aromatic carboxylic acids is 1. The molecule has 0 aliphatic carbocycles. The topological polar surface area (TPSA) is 40.5 Å². The molecule has 5 heteroatoms. The van der Waals surface area contributed by atoms with Crippen molar-refractivity contribution >= 4 is 27.6 Å². The molecule has 1 aromatic rings. The van der Waals surface area contributed by atoms with Gasteiger partial charge in [-0.05, 0) is 46.8 Å². The Balaban J connectivity index is 2.23. The van der Waals surface area contributed by atoms with Gasteiger partial charge in [-0.1, -0.05) is 13.3 Å². The van der Waals surface area contributed by atoms with Gasteiger partial charge in [0.25, 0.3) is 0 Å². The van der Waals surface area contributed by atoms with E-state index < -0.39 is 11.8 Å². The van der Waals surface area contributed by atoms with Crippen molar-refractivity contribution in [3.63, 3.8) is 0 Å². The van der Waals surface area contributed by atoms with E-state index in [4.69, 9.17) is 5.11 Å². The molecular formula is C14H17BrFNO2. The van der Waals surface area contributed by atoms with Crippen molar-refractivity contribution in [2.45, 2.75) is 26.2 Å². The van der Waals surface area contributed by atoms with Crippen LogP contribution in [0.4, 0.5) is 10.1 Å². The average Bonchev–Trinajstić information content (AvgIpc) is 2.81. The molecule has 1 saturated heterocycles. The highest BCUT2D eigenvalue weighted by molar-refractivity contribution is 9.10. The van der Waals surface area contributed by atoms with Gasteiger partial charge in [0.05, 0.1) is 15.7 Å². The predicted molar refractivity (Wildman–Crippen MR) is 76.3 cm³/mol. The quantitative estimate of drug-likeness (QED) is 0.910. The molecule has 1 aliphatic rings. The van der Waals surface area contributed by atoms with Crippen molar-refractivity contribution in [1.82, 2.24) is 0 Å². The molecule has 104 valence electrons. The summed E-state index contributed by atoms with van der Waals surface area (Å²) in [4.78, 5) is 12.9.